The van der Waals surface area contributed by atoms with E-state index in [4.69, 9.17) is 14.7 Å². The van der Waals surface area contributed by atoms with E-state index in [9.17, 15) is 4.79 Å². The summed E-state index contributed by atoms with van der Waals surface area (Å²) in [5.41, 5.74) is 3.81. The fraction of sp³-hybridized carbons (Fsp3) is 0.375. The van der Waals surface area contributed by atoms with E-state index in [0.29, 0.717) is 31.2 Å². The van der Waals surface area contributed by atoms with Gasteiger partial charge in [-0.3, -0.25) is 4.79 Å². The number of hydrogen-bond donors (Lipinski definition) is 0. The van der Waals surface area contributed by atoms with Crippen LogP contribution >= 0.6 is 11.3 Å². The van der Waals surface area contributed by atoms with E-state index in [1.165, 1.54) is 11.3 Å². The second-order valence-electron chi connectivity index (χ2n) is 7.51. The summed E-state index contributed by atoms with van der Waals surface area (Å²) < 4.78 is 5.45. The molecule has 3 aromatic rings. The van der Waals surface area contributed by atoms with E-state index in [0.717, 1.165) is 45.8 Å². The number of nitrogens with zero attached hydrogens (tertiary/aromatic N) is 4. The van der Waals surface area contributed by atoms with Crippen molar-refractivity contribution in [3.05, 3.63) is 47.0 Å². The van der Waals surface area contributed by atoms with E-state index < -0.39 is 0 Å². The highest BCUT2D eigenvalue weighted by Gasteiger charge is 2.25. The van der Waals surface area contributed by atoms with Crippen molar-refractivity contribution in [3.63, 3.8) is 0 Å². The molecule has 0 radical (unpaired) electrons. The van der Waals surface area contributed by atoms with Crippen LogP contribution in [-0.4, -0.2) is 66.4 Å². The zero-order chi connectivity index (χ0) is 21.8. The third-order valence-electron chi connectivity index (χ3n) is 5.49. The number of pyridine rings is 1. The summed E-state index contributed by atoms with van der Waals surface area (Å²) in [6, 6.07) is 12.3. The second-order valence-corrected chi connectivity index (χ2v) is 8.51. The molecule has 7 heteroatoms. The number of rotatable bonds is 6. The van der Waals surface area contributed by atoms with Gasteiger partial charge in [0.25, 0.3) is 5.91 Å². The molecule has 0 atom stereocenters. The Morgan fingerprint density at radius 1 is 1.23 bits per heavy atom. The van der Waals surface area contributed by atoms with Gasteiger partial charge >= 0.3 is 0 Å². The number of fused-ring (bicyclic) bond motifs is 1. The molecule has 31 heavy (non-hydrogen) atoms. The molecule has 0 aliphatic carbocycles. The third kappa shape index (κ3) is 4.48. The predicted molar refractivity (Wildman–Crippen MR) is 128 cm³/mol. The van der Waals surface area contributed by atoms with Gasteiger partial charge in [-0.2, -0.15) is 0 Å². The molecule has 162 valence electrons. The van der Waals surface area contributed by atoms with Gasteiger partial charge < -0.3 is 14.5 Å². The molecule has 1 saturated heterocycles. The summed E-state index contributed by atoms with van der Waals surface area (Å²) in [5.74, 6) is 0.0128. The van der Waals surface area contributed by atoms with E-state index in [-0.39, 0.29) is 5.91 Å². The van der Waals surface area contributed by atoms with Crippen LogP contribution in [0.2, 0.25) is 0 Å². The molecule has 3 heterocycles. The summed E-state index contributed by atoms with van der Waals surface area (Å²) >= 11 is 1.44. The fourth-order valence-corrected chi connectivity index (χ4v) is 4.97. The molecule has 0 bridgehead atoms. The molecule has 1 aliphatic heterocycles. The van der Waals surface area contributed by atoms with Crippen molar-refractivity contribution >= 4 is 39.5 Å². The van der Waals surface area contributed by atoms with Gasteiger partial charge in [0.2, 0.25) is 0 Å². The molecule has 1 aromatic carbocycles. The Labute approximate surface area is 187 Å². The number of ether oxygens (including phenoxy) is 1. The molecule has 0 saturated carbocycles. The fourth-order valence-electron chi connectivity index (χ4n) is 3.81. The molecule has 2 aromatic heterocycles. The summed E-state index contributed by atoms with van der Waals surface area (Å²) in [6.45, 7) is 10.3. The van der Waals surface area contributed by atoms with Gasteiger partial charge in [0.1, 0.15) is 9.71 Å². The van der Waals surface area contributed by atoms with Crippen molar-refractivity contribution in [1.82, 2.24) is 14.8 Å². The van der Waals surface area contributed by atoms with E-state index >= 15 is 0 Å². The van der Waals surface area contributed by atoms with Gasteiger partial charge in [-0.25, -0.2) is 9.98 Å². The lowest BCUT2D eigenvalue weighted by molar-refractivity contribution is 0.0700. The van der Waals surface area contributed by atoms with Crippen LogP contribution in [0.4, 0.5) is 5.69 Å². The molecule has 1 amide bonds. The van der Waals surface area contributed by atoms with Crippen molar-refractivity contribution in [2.24, 2.45) is 4.99 Å². The van der Waals surface area contributed by atoms with Crippen LogP contribution in [-0.2, 0) is 4.74 Å². The minimum absolute atomic E-state index is 0.0128. The number of carbonyl (C=O) groups is 1. The Bertz CT molecular complexity index is 1080. The average Bonchev–Trinajstić information content (AvgIpc) is 3.17. The maximum Gasteiger partial charge on any atom is 0.266 e. The van der Waals surface area contributed by atoms with Crippen LogP contribution < -0.4 is 0 Å². The first-order valence-corrected chi connectivity index (χ1v) is 11.6. The average molecular weight is 437 g/mol. The normalized spacial score (nSPS) is 14.5. The zero-order valence-electron chi connectivity index (χ0n) is 18.3. The first-order chi connectivity index (χ1) is 15.1. The van der Waals surface area contributed by atoms with Crippen molar-refractivity contribution in [1.29, 1.82) is 0 Å². The van der Waals surface area contributed by atoms with Crippen LogP contribution in [0.15, 0.2) is 41.4 Å². The third-order valence-corrected chi connectivity index (χ3v) is 6.55. The lowest BCUT2D eigenvalue weighted by Gasteiger charge is -2.24. The minimum atomic E-state index is 0.0128. The van der Waals surface area contributed by atoms with Gasteiger partial charge in [-0.05, 0) is 38.0 Å². The van der Waals surface area contributed by atoms with Crippen LogP contribution in [0.25, 0.3) is 21.3 Å². The van der Waals surface area contributed by atoms with Crippen LogP contribution in [0.3, 0.4) is 0 Å². The first kappa shape index (κ1) is 21.5. The Morgan fingerprint density at radius 2 is 1.94 bits per heavy atom. The Hall–Kier alpha value is -2.77. The highest BCUT2D eigenvalue weighted by Crippen LogP contribution is 2.43. The largest absolute Gasteiger partial charge is 0.378 e. The van der Waals surface area contributed by atoms with E-state index in [1.807, 2.05) is 50.2 Å². The Kier molecular flexibility index (Phi) is 6.63. The standard InChI is InChI=1S/C24H28N4O2S/c1-4-28(5-2)24(29)22-21(25-16-27-11-13-30-14-12-27)20-19(18-9-7-6-8-10-18)15-17(3)26-23(20)31-22/h6-10,15-16H,4-5,11-14H2,1-3H3. The second kappa shape index (κ2) is 9.58. The van der Waals surface area contributed by atoms with Gasteiger partial charge in [-0.15, -0.1) is 11.3 Å². The number of amides is 1. The smallest absolute Gasteiger partial charge is 0.266 e. The summed E-state index contributed by atoms with van der Waals surface area (Å²) in [7, 11) is 0. The van der Waals surface area contributed by atoms with Crippen molar-refractivity contribution < 1.29 is 9.53 Å². The van der Waals surface area contributed by atoms with Gasteiger partial charge in [0.15, 0.2) is 0 Å². The summed E-state index contributed by atoms with van der Waals surface area (Å²) in [5, 5.41) is 0.946. The monoisotopic (exact) mass is 436 g/mol. The Morgan fingerprint density at radius 3 is 2.61 bits per heavy atom. The molecule has 1 aliphatic rings. The number of hydrogen-bond acceptors (Lipinski definition) is 5. The quantitative estimate of drug-likeness (QED) is 0.413. The van der Waals surface area contributed by atoms with Crippen LogP contribution in [0.1, 0.15) is 29.2 Å². The number of benzene rings is 1. The van der Waals surface area contributed by atoms with Crippen molar-refractivity contribution in [2.45, 2.75) is 20.8 Å². The summed E-state index contributed by atoms with van der Waals surface area (Å²) in [6.07, 6.45) is 1.86. The maximum absolute atomic E-state index is 13.4. The molecule has 6 nitrogen and oxygen atoms in total. The predicted octanol–water partition coefficient (Wildman–Crippen LogP) is 4.75. The number of aromatic nitrogens is 1. The van der Waals surface area contributed by atoms with Crippen LogP contribution in [0.5, 0.6) is 0 Å². The van der Waals surface area contributed by atoms with Gasteiger partial charge in [-0.1, -0.05) is 30.3 Å². The number of carbonyl (C=O) groups excluding carboxylic acids is 1. The number of aliphatic imine (C=N–C) groups is 1. The number of morpholine rings is 1. The highest BCUT2D eigenvalue weighted by molar-refractivity contribution is 7.21. The lowest BCUT2D eigenvalue weighted by atomic mass is 10.0. The molecular weight excluding hydrogens is 408 g/mol. The highest BCUT2D eigenvalue weighted by atomic mass is 32.1. The van der Waals surface area contributed by atoms with Crippen molar-refractivity contribution in [3.8, 4) is 11.1 Å². The topological polar surface area (TPSA) is 58.0 Å². The zero-order valence-corrected chi connectivity index (χ0v) is 19.1. The minimum Gasteiger partial charge on any atom is -0.378 e. The number of thiophene rings is 1. The van der Waals surface area contributed by atoms with E-state index in [1.54, 1.807) is 0 Å². The van der Waals surface area contributed by atoms with Crippen LogP contribution in [0, 0.1) is 6.92 Å². The lowest BCUT2D eigenvalue weighted by Crippen LogP contribution is -2.35. The van der Waals surface area contributed by atoms with Crippen molar-refractivity contribution in [2.75, 3.05) is 39.4 Å². The Balaban J connectivity index is 1.91. The SMILES string of the molecule is CCN(CC)C(=O)c1sc2nc(C)cc(-c3ccccc3)c2c1N=CN1CCOCC1. The van der Waals surface area contributed by atoms with E-state index in [2.05, 4.69) is 23.1 Å². The first-order valence-electron chi connectivity index (χ1n) is 10.8. The number of aryl methyl sites for hydroxylation is 1. The molecule has 0 unspecified atom stereocenters. The van der Waals surface area contributed by atoms with Gasteiger partial charge in [0, 0.05) is 37.3 Å². The molecule has 4 rings (SSSR count). The molecule has 0 spiro atoms. The molecule has 0 N–H and O–H groups in total. The van der Waals surface area contributed by atoms with Gasteiger partial charge in [0.05, 0.1) is 25.2 Å². The maximum atomic E-state index is 13.4. The summed E-state index contributed by atoms with van der Waals surface area (Å²) in [4.78, 5) is 28.5. The molecular formula is C24H28N4O2S. The molecule has 1 fully saturated rings.